The minimum absolute atomic E-state index is 0.532. The fourth-order valence-electron chi connectivity index (χ4n) is 1.66. The summed E-state index contributed by atoms with van der Waals surface area (Å²) in [5, 5.41) is 0.532. The maximum absolute atomic E-state index is 5.98. The summed E-state index contributed by atoms with van der Waals surface area (Å²) < 4.78 is 5.74. The Labute approximate surface area is 116 Å². The molecule has 0 saturated heterocycles. The van der Waals surface area contributed by atoms with E-state index in [0.29, 0.717) is 17.3 Å². The molecule has 0 saturated carbocycles. The average Bonchev–Trinajstić information content (AvgIpc) is 2.72. The van der Waals surface area contributed by atoms with Gasteiger partial charge in [-0.3, -0.25) is 0 Å². The van der Waals surface area contributed by atoms with Crippen LogP contribution in [0.15, 0.2) is 17.6 Å². The summed E-state index contributed by atoms with van der Waals surface area (Å²) in [6.07, 6.45) is 0.859. The summed E-state index contributed by atoms with van der Waals surface area (Å²) in [7, 11) is 0. The van der Waals surface area contributed by atoms with Crippen molar-refractivity contribution in [3.63, 3.8) is 0 Å². The molecular weight excluding hydrogens is 268 g/mol. The Hall–Kier alpha value is -1.26. The van der Waals surface area contributed by atoms with Gasteiger partial charge in [0.05, 0.1) is 28.5 Å². The summed E-state index contributed by atoms with van der Waals surface area (Å²) >= 11 is 7.63. The third-order valence-corrected chi connectivity index (χ3v) is 4.05. The zero-order valence-corrected chi connectivity index (χ0v) is 11.9. The molecule has 0 radical (unpaired) electrons. The van der Waals surface area contributed by atoms with Gasteiger partial charge < -0.3 is 10.5 Å². The van der Waals surface area contributed by atoms with Crippen LogP contribution in [0.4, 0.5) is 5.69 Å². The quantitative estimate of drug-likeness (QED) is 0.872. The number of anilines is 1. The van der Waals surface area contributed by atoms with Gasteiger partial charge in [0.15, 0.2) is 0 Å². The number of halogens is 1. The molecule has 0 unspecified atom stereocenters. The van der Waals surface area contributed by atoms with E-state index in [1.807, 2.05) is 25.4 Å². The summed E-state index contributed by atoms with van der Waals surface area (Å²) in [6, 6.07) is 3.60. The first-order valence-corrected chi connectivity index (χ1v) is 6.91. The number of nitrogen functional groups attached to an aromatic ring is 1. The van der Waals surface area contributed by atoms with E-state index in [9.17, 15) is 0 Å². The van der Waals surface area contributed by atoms with Crippen molar-refractivity contribution >= 4 is 28.6 Å². The number of thiazole rings is 1. The van der Waals surface area contributed by atoms with Gasteiger partial charge in [-0.2, -0.15) is 0 Å². The molecule has 0 aliphatic rings. The van der Waals surface area contributed by atoms with Gasteiger partial charge >= 0.3 is 0 Å². The fourth-order valence-corrected chi connectivity index (χ4v) is 2.58. The Morgan fingerprint density at radius 2 is 2.17 bits per heavy atom. The van der Waals surface area contributed by atoms with Crippen LogP contribution >= 0.6 is 22.9 Å². The van der Waals surface area contributed by atoms with Crippen LogP contribution in [0.5, 0.6) is 5.75 Å². The van der Waals surface area contributed by atoms with Gasteiger partial charge in [-0.15, -0.1) is 11.3 Å². The molecule has 96 valence electrons. The van der Waals surface area contributed by atoms with Crippen LogP contribution in [0.3, 0.4) is 0 Å². The molecular formula is C13H15ClN2OS. The van der Waals surface area contributed by atoms with Gasteiger partial charge in [0.1, 0.15) is 5.75 Å². The number of rotatable bonds is 4. The number of nitrogens with two attached hydrogens (primary N) is 1. The number of aromatic nitrogens is 1. The van der Waals surface area contributed by atoms with Gasteiger partial charge in [0.25, 0.3) is 0 Å². The van der Waals surface area contributed by atoms with Crippen LogP contribution in [0.1, 0.15) is 16.1 Å². The van der Waals surface area contributed by atoms with Crippen molar-refractivity contribution in [1.82, 2.24) is 4.98 Å². The first kappa shape index (κ1) is 13.2. The van der Waals surface area contributed by atoms with Gasteiger partial charge in [-0.1, -0.05) is 11.6 Å². The molecule has 0 aliphatic heterocycles. The lowest BCUT2D eigenvalue weighted by molar-refractivity contribution is 0.320. The van der Waals surface area contributed by atoms with Crippen molar-refractivity contribution in [1.29, 1.82) is 0 Å². The molecule has 0 atom stereocenters. The minimum Gasteiger partial charge on any atom is -0.493 e. The molecule has 2 aromatic rings. The summed E-state index contributed by atoms with van der Waals surface area (Å²) in [5.74, 6) is 0.788. The topological polar surface area (TPSA) is 48.1 Å². The maximum Gasteiger partial charge on any atom is 0.123 e. The predicted molar refractivity (Wildman–Crippen MR) is 76.7 cm³/mol. The molecule has 0 bridgehead atoms. The van der Waals surface area contributed by atoms with E-state index in [0.717, 1.165) is 23.4 Å². The lowest BCUT2D eigenvalue weighted by Crippen LogP contribution is -2.03. The highest BCUT2D eigenvalue weighted by atomic mass is 35.5. The monoisotopic (exact) mass is 282 g/mol. The standard InChI is InChI=1S/C13H15ClN2OS/c1-8-5-11(15)10(14)6-12(8)17-4-3-13-9(2)16-7-18-13/h5-7H,3-4,15H2,1-2H3. The van der Waals surface area contributed by atoms with E-state index in [4.69, 9.17) is 22.1 Å². The third kappa shape index (κ3) is 2.94. The van der Waals surface area contributed by atoms with Crippen LogP contribution in [0, 0.1) is 13.8 Å². The molecule has 5 heteroatoms. The molecule has 0 spiro atoms. The van der Waals surface area contributed by atoms with Gasteiger partial charge in [-0.25, -0.2) is 4.98 Å². The fraction of sp³-hybridized carbons (Fsp3) is 0.308. The van der Waals surface area contributed by atoms with Gasteiger partial charge in [0, 0.05) is 17.4 Å². The van der Waals surface area contributed by atoms with Crippen molar-refractivity contribution in [2.45, 2.75) is 20.3 Å². The molecule has 1 heterocycles. The molecule has 1 aromatic heterocycles. The zero-order valence-electron chi connectivity index (χ0n) is 10.4. The molecule has 3 nitrogen and oxygen atoms in total. The highest BCUT2D eigenvalue weighted by Gasteiger charge is 2.06. The van der Waals surface area contributed by atoms with E-state index in [1.165, 1.54) is 4.88 Å². The van der Waals surface area contributed by atoms with Crippen molar-refractivity contribution in [3.8, 4) is 5.75 Å². The van der Waals surface area contributed by atoms with Crippen molar-refractivity contribution in [2.75, 3.05) is 12.3 Å². The molecule has 0 fully saturated rings. The van der Waals surface area contributed by atoms with Crippen LogP contribution < -0.4 is 10.5 Å². The van der Waals surface area contributed by atoms with Gasteiger partial charge in [-0.05, 0) is 25.5 Å². The first-order chi connectivity index (χ1) is 8.58. The van der Waals surface area contributed by atoms with E-state index in [2.05, 4.69) is 4.98 Å². The lowest BCUT2D eigenvalue weighted by atomic mass is 10.2. The number of aryl methyl sites for hydroxylation is 2. The molecule has 0 amide bonds. The Morgan fingerprint density at radius 1 is 1.39 bits per heavy atom. The average molecular weight is 283 g/mol. The number of ether oxygens (including phenoxy) is 1. The summed E-state index contributed by atoms with van der Waals surface area (Å²) in [5.41, 5.74) is 10.2. The summed E-state index contributed by atoms with van der Waals surface area (Å²) in [4.78, 5) is 5.47. The van der Waals surface area contributed by atoms with Crippen molar-refractivity contribution in [3.05, 3.63) is 38.8 Å². The SMILES string of the molecule is Cc1cc(N)c(Cl)cc1OCCc1scnc1C. The Morgan fingerprint density at radius 3 is 2.83 bits per heavy atom. The molecule has 18 heavy (non-hydrogen) atoms. The zero-order chi connectivity index (χ0) is 13.1. The van der Waals surface area contributed by atoms with Gasteiger partial charge in [0.2, 0.25) is 0 Å². The normalized spacial score (nSPS) is 10.6. The molecule has 2 N–H and O–H groups in total. The van der Waals surface area contributed by atoms with E-state index >= 15 is 0 Å². The highest BCUT2D eigenvalue weighted by molar-refractivity contribution is 7.09. The number of hydrogen-bond acceptors (Lipinski definition) is 4. The smallest absolute Gasteiger partial charge is 0.123 e. The molecule has 0 aliphatic carbocycles. The van der Waals surface area contributed by atoms with Crippen LogP contribution in [-0.4, -0.2) is 11.6 Å². The number of hydrogen-bond donors (Lipinski definition) is 1. The van der Waals surface area contributed by atoms with Crippen molar-refractivity contribution < 1.29 is 4.74 Å². The Bertz CT molecular complexity index is 554. The number of nitrogens with zero attached hydrogens (tertiary/aromatic N) is 1. The lowest BCUT2D eigenvalue weighted by Gasteiger charge is -2.10. The molecule has 1 aromatic carbocycles. The highest BCUT2D eigenvalue weighted by Crippen LogP contribution is 2.28. The Balaban J connectivity index is 1.99. The van der Waals surface area contributed by atoms with Crippen LogP contribution in [-0.2, 0) is 6.42 Å². The first-order valence-electron chi connectivity index (χ1n) is 5.65. The second kappa shape index (κ2) is 5.59. The second-order valence-electron chi connectivity index (χ2n) is 4.10. The molecule has 2 rings (SSSR count). The van der Waals surface area contributed by atoms with E-state index in [1.54, 1.807) is 17.4 Å². The largest absolute Gasteiger partial charge is 0.493 e. The predicted octanol–water partition coefficient (Wildman–Crippen LogP) is 3.62. The second-order valence-corrected chi connectivity index (χ2v) is 5.45. The van der Waals surface area contributed by atoms with E-state index < -0.39 is 0 Å². The van der Waals surface area contributed by atoms with Crippen LogP contribution in [0.2, 0.25) is 5.02 Å². The number of benzene rings is 1. The summed E-state index contributed by atoms with van der Waals surface area (Å²) in [6.45, 7) is 4.58. The third-order valence-electron chi connectivity index (χ3n) is 2.73. The Kier molecular flexibility index (Phi) is 4.09. The van der Waals surface area contributed by atoms with E-state index in [-0.39, 0.29) is 0 Å². The van der Waals surface area contributed by atoms with Crippen LogP contribution in [0.25, 0.3) is 0 Å². The minimum atomic E-state index is 0.532. The maximum atomic E-state index is 5.98. The van der Waals surface area contributed by atoms with Crippen molar-refractivity contribution in [2.24, 2.45) is 0 Å².